The highest BCUT2D eigenvalue weighted by molar-refractivity contribution is 5.76. The molecule has 0 atom stereocenters. The molecule has 3 nitrogen and oxygen atoms in total. The van der Waals surface area contributed by atoms with Gasteiger partial charge < -0.3 is 10.2 Å². The zero-order chi connectivity index (χ0) is 10.9. The van der Waals surface area contributed by atoms with E-state index >= 15 is 0 Å². The van der Waals surface area contributed by atoms with Crippen LogP contribution >= 0.6 is 0 Å². The molecule has 15 heavy (non-hydrogen) atoms. The molecule has 2 aliphatic carbocycles. The fourth-order valence-electron chi connectivity index (χ4n) is 3.30. The van der Waals surface area contributed by atoms with Crippen LogP contribution in [0.3, 0.4) is 0 Å². The SMILES string of the molecule is O=C(O)C1(C2CCCCCC2)CC(O)C1. The van der Waals surface area contributed by atoms with Crippen LogP contribution in [0.2, 0.25) is 0 Å². The van der Waals surface area contributed by atoms with E-state index in [0.717, 1.165) is 25.7 Å². The lowest BCUT2D eigenvalue weighted by molar-refractivity contribution is -0.171. The lowest BCUT2D eigenvalue weighted by atomic mass is 9.57. The van der Waals surface area contributed by atoms with Gasteiger partial charge in [0, 0.05) is 0 Å². The molecule has 0 amide bonds. The van der Waals surface area contributed by atoms with E-state index in [1.165, 1.54) is 12.8 Å². The molecule has 0 unspecified atom stereocenters. The molecule has 86 valence electrons. The first-order valence-corrected chi connectivity index (χ1v) is 6.06. The molecule has 0 heterocycles. The molecule has 0 spiro atoms. The van der Waals surface area contributed by atoms with Crippen LogP contribution in [0.4, 0.5) is 0 Å². The second-order valence-electron chi connectivity index (χ2n) is 5.21. The number of hydrogen-bond donors (Lipinski definition) is 2. The molecule has 0 aromatic heterocycles. The fourth-order valence-corrected chi connectivity index (χ4v) is 3.30. The molecule has 0 saturated heterocycles. The molecular formula is C12H20O3. The average Bonchev–Trinajstić information content (AvgIpc) is 2.40. The van der Waals surface area contributed by atoms with Crippen molar-refractivity contribution in [3.05, 3.63) is 0 Å². The van der Waals surface area contributed by atoms with E-state index in [2.05, 4.69) is 0 Å². The Kier molecular flexibility index (Phi) is 3.01. The monoisotopic (exact) mass is 212 g/mol. The molecule has 2 rings (SSSR count). The standard InChI is InChI=1S/C12H20O3/c13-10-7-12(8-10,11(14)15)9-5-3-1-2-4-6-9/h9-10,13H,1-8H2,(H,14,15). The van der Waals surface area contributed by atoms with Crippen LogP contribution in [0, 0.1) is 11.3 Å². The summed E-state index contributed by atoms with van der Waals surface area (Å²) in [7, 11) is 0. The van der Waals surface area contributed by atoms with Gasteiger partial charge in [-0.3, -0.25) is 4.79 Å². The van der Waals surface area contributed by atoms with Crippen molar-refractivity contribution in [2.24, 2.45) is 11.3 Å². The van der Waals surface area contributed by atoms with Crippen molar-refractivity contribution in [2.75, 3.05) is 0 Å². The van der Waals surface area contributed by atoms with E-state index in [4.69, 9.17) is 0 Å². The summed E-state index contributed by atoms with van der Waals surface area (Å²) in [6.07, 6.45) is 7.48. The number of hydrogen-bond acceptors (Lipinski definition) is 2. The fraction of sp³-hybridized carbons (Fsp3) is 0.917. The van der Waals surface area contributed by atoms with Crippen LogP contribution in [0.15, 0.2) is 0 Å². The lowest BCUT2D eigenvalue weighted by Crippen LogP contribution is -2.51. The van der Waals surface area contributed by atoms with Gasteiger partial charge >= 0.3 is 5.97 Å². The Morgan fingerprint density at radius 1 is 1.07 bits per heavy atom. The van der Waals surface area contributed by atoms with Gasteiger partial charge in [-0.2, -0.15) is 0 Å². The summed E-state index contributed by atoms with van der Waals surface area (Å²) in [5.74, 6) is -0.374. The molecule has 2 N–H and O–H groups in total. The summed E-state index contributed by atoms with van der Waals surface area (Å²) < 4.78 is 0. The van der Waals surface area contributed by atoms with E-state index in [1.54, 1.807) is 0 Å². The van der Waals surface area contributed by atoms with Crippen LogP contribution < -0.4 is 0 Å². The van der Waals surface area contributed by atoms with Crippen molar-refractivity contribution >= 4 is 5.97 Å². The molecule has 3 heteroatoms. The minimum Gasteiger partial charge on any atom is -0.481 e. The first kappa shape index (κ1) is 10.9. The third-order valence-electron chi connectivity index (χ3n) is 4.26. The van der Waals surface area contributed by atoms with Crippen molar-refractivity contribution in [3.63, 3.8) is 0 Å². The van der Waals surface area contributed by atoms with Crippen LogP contribution in [-0.4, -0.2) is 22.3 Å². The molecule has 0 aliphatic heterocycles. The Balaban J connectivity index is 2.07. The number of rotatable bonds is 2. The van der Waals surface area contributed by atoms with Gasteiger partial charge in [0.05, 0.1) is 11.5 Å². The zero-order valence-corrected chi connectivity index (χ0v) is 9.11. The van der Waals surface area contributed by atoms with Crippen molar-refractivity contribution in [1.82, 2.24) is 0 Å². The van der Waals surface area contributed by atoms with E-state index in [9.17, 15) is 15.0 Å². The van der Waals surface area contributed by atoms with Crippen LogP contribution in [-0.2, 0) is 4.79 Å². The third-order valence-corrected chi connectivity index (χ3v) is 4.26. The van der Waals surface area contributed by atoms with Gasteiger partial charge in [-0.15, -0.1) is 0 Å². The van der Waals surface area contributed by atoms with Crippen molar-refractivity contribution in [2.45, 2.75) is 57.5 Å². The predicted octanol–water partition coefficient (Wildman–Crippen LogP) is 2.18. The van der Waals surface area contributed by atoms with Gasteiger partial charge in [0.2, 0.25) is 0 Å². The lowest BCUT2D eigenvalue weighted by Gasteiger charge is -2.47. The molecular weight excluding hydrogens is 192 g/mol. The average molecular weight is 212 g/mol. The highest BCUT2D eigenvalue weighted by atomic mass is 16.4. The molecule has 0 bridgehead atoms. The number of carboxylic acids is 1. The van der Waals surface area contributed by atoms with Gasteiger partial charge in [-0.1, -0.05) is 25.7 Å². The minimum atomic E-state index is -0.681. The van der Waals surface area contributed by atoms with Gasteiger partial charge in [0.1, 0.15) is 0 Å². The molecule has 0 aromatic rings. The molecule has 0 aromatic carbocycles. The van der Waals surface area contributed by atoms with E-state index in [0.29, 0.717) is 18.8 Å². The first-order chi connectivity index (χ1) is 7.15. The number of carboxylic acid groups (broad SMARTS) is 1. The summed E-state index contributed by atoms with van der Waals surface area (Å²) in [6, 6.07) is 0. The zero-order valence-electron chi connectivity index (χ0n) is 9.11. The smallest absolute Gasteiger partial charge is 0.310 e. The Bertz CT molecular complexity index is 235. The Morgan fingerprint density at radius 2 is 1.60 bits per heavy atom. The van der Waals surface area contributed by atoms with Crippen molar-refractivity contribution in [1.29, 1.82) is 0 Å². The van der Waals surface area contributed by atoms with E-state index < -0.39 is 11.4 Å². The summed E-state index contributed by atoms with van der Waals surface area (Å²) in [4.78, 5) is 11.3. The first-order valence-electron chi connectivity index (χ1n) is 6.06. The molecule has 2 saturated carbocycles. The second-order valence-corrected chi connectivity index (χ2v) is 5.21. The number of aliphatic carboxylic acids is 1. The molecule has 0 radical (unpaired) electrons. The number of aliphatic hydroxyl groups excluding tert-OH is 1. The quantitative estimate of drug-likeness (QED) is 0.690. The van der Waals surface area contributed by atoms with Gasteiger partial charge in [0.25, 0.3) is 0 Å². The van der Waals surface area contributed by atoms with Crippen LogP contribution in [0.25, 0.3) is 0 Å². The number of aliphatic hydroxyl groups is 1. The van der Waals surface area contributed by atoms with Crippen molar-refractivity contribution < 1.29 is 15.0 Å². The normalized spacial score (nSPS) is 38.1. The maximum absolute atomic E-state index is 11.3. The van der Waals surface area contributed by atoms with Gasteiger partial charge in [-0.25, -0.2) is 0 Å². The highest BCUT2D eigenvalue weighted by Crippen LogP contribution is 2.51. The minimum absolute atomic E-state index is 0.306. The highest BCUT2D eigenvalue weighted by Gasteiger charge is 2.54. The predicted molar refractivity (Wildman–Crippen MR) is 56.5 cm³/mol. The van der Waals surface area contributed by atoms with E-state index in [1.807, 2.05) is 0 Å². The molecule has 2 aliphatic rings. The topological polar surface area (TPSA) is 57.5 Å². The van der Waals surface area contributed by atoms with Gasteiger partial charge in [-0.05, 0) is 31.6 Å². The van der Waals surface area contributed by atoms with Crippen LogP contribution in [0.5, 0.6) is 0 Å². The summed E-state index contributed by atoms with van der Waals surface area (Å²) in [5, 5.41) is 18.7. The summed E-state index contributed by atoms with van der Waals surface area (Å²) in [5.41, 5.74) is -0.580. The third kappa shape index (κ3) is 1.89. The van der Waals surface area contributed by atoms with E-state index in [-0.39, 0.29) is 6.10 Å². The maximum atomic E-state index is 11.3. The Labute approximate surface area is 90.5 Å². The molecule has 2 fully saturated rings. The summed E-state index contributed by atoms with van der Waals surface area (Å²) >= 11 is 0. The Morgan fingerprint density at radius 3 is 2.00 bits per heavy atom. The largest absolute Gasteiger partial charge is 0.481 e. The summed E-state index contributed by atoms with van der Waals surface area (Å²) in [6.45, 7) is 0. The Hall–Kier alpha value is -0.570. The number of carbonyl (C=O) groups is 1. The van der Waals surface area contributed by atoms with Crippen molar-refractivity contribution in [3.8, 4) is 0 Å². The van der Waals surface area contributed by atoms with Crippen LogP contribution in [0.1, 0.15) is 51.4 Å². The second kappa shape index (κ2) is 4.12. The van der Waals surface area contributed by atoms with Gasteiger partial charge in [0.15, 0.2) is 0 Å². The maximum Gasteiger partial charge on any atom is 0.310 e.